The third-order valence-electron chi connectivity index (χ3n) is 7.50. The van der Waals surface area contributed by atoms with Crippen LogP contribution in [0.5, 0.6) is 5.75 Å². The number of methoxy groups -OCH3 is 1. The summed E-state index contributed by atoms with van der Waals surface area (Å²) in [5.41, 5.74) is 2.71. The Labute approximate surface area is 133 Å². The van der Waals surface area contributed by atoms with Crippen molar-refractivity contribution < 1.29 is 9.84 Å². The van der Waals surface area contributed by atoms with Crippen molar-refractivity contribution in [2.75, 3.05) is 7.11 Å². The second kappa shape index (κ2) is 4.74. The van der Waals surface area contributed by atoms with Crippen molar-refractivity contribution in [1.82, 2.24) is 0 Å². The smallest absolute Gasteiger partial charge is 0.119 e. The number of hydrogen-bond donors (Lipinski definition) is 1. The maximum absolute atomic E-state index is 10.9. The van der Waals surface area contributed by atoms with Crippen molar-refractivity contribution in [2.24, 2.45) is 17.3 Å². The number of hydrogen-bond acceptors (Lipinski definition) is 2. The van der Waals surface area contributed by atoms with Crippen molar-refractivity contribution in [1.29, 1.82) is 0 Å². The number of rotatable bonds is 1. The minimum absolute atomic E-state index is 0.123. The number of aliphatic hydroxyl groups is 1. The normalized spacial score (nSPS) is 43.2. The van der Waals surface area contributed by atoms with Crippen LogP contribution in [0, 0.1) is 17.3 Å². The molecule has 3 aliphatic rings. The summed E-state index contributed by atoms with van der Waals surface area (Å²) in [6.07, 6.45) is 7.02. The second-order valence-electron chi connectivity index (χ2n) is 8.25. The summed E-state index contributed by atoms with van der Waals surface area (Å²) in [5, 5.41) is 10.9. The van der Waals surface area contributed by atoms with E-state index in [1.807, 2.05) is 0 Å². The van der Waals surface area contributed by atoms with E-state index in [1.54, 1.807) is 12.7 Å². The molecule has 2 nitrogen and oxygen atoms in total. The maximum atomic E-state index is 10.9. The van der Waals surface area contributed by atoms with Gasteiger partial charge in [-0.1, -0.05) is 13.0 Å². The number of fused-ring (bicyclic) bond motifs is 5. The molecule has 3 aliphatic carbocycles. The minimum atomic E-state index is -0.469. The first-order valence-corrected chi connectivity index (χ1v) is 8.85. The van der Waals surface area contributed by atoms with Gasteiger partial charge in [-0.05, 0) is 91.9 Å². The van der Waals surface area contributed by atoms with Crippen LogP contribution in [0.25, 0.3) is 0 Å². The van der Waals surface area contributed by atoms with E-state index >= 15 is 0 Å². The fourth-order valence-corrected chi connectivity index (χ4v) is 5.93. The highest BCUT2D eigenvalue weighted by molar-refractivity contribution is 5.40. The van der Waals surface area contributed by atoms with Gasteiger partial charge in [0.2, 0.25) is 0 Å². The van der Waals surface area contributed by atoms with Crippen molar-refractivity contribution in [3.05, 3.63) is 29.3 Å². The molecule has 2 fully saturated rings. The van der Waals surface area contributed by atoms with Crippen LogP contribution in [0.4, 0.5) is 0 Å². The van der Waals surface area contributed by atoms with E-state index in [1.165, 1.54) is 31.2 Å². The van der Waals surface area contributed by atoms with Gasteiger partial charge in [-0.3, -0.25) is 0 Å². The standard InChI is InChI=1S/C20H28O2/c1-19-10-8-16-15-7-5-14(22-3)12-13(15)4-6-17(16)18(19)9-11-20(19,2)21/h5,7,12,16-18,21H,4,6,8-11H2,1-3H3/t16-,17-,18-,19-,20-/m1/s1. The number of aryl methyl sites for hydroxylation is 1. The fraction of sp³-hybridized carbons (Fsp3) is 0.700. The van der Waals surface area contributed by atoms with Crippen LogP contribution < -0.4 is 4.74 Å². The first-order valence-electron chi connectivity index (χ1n) is 8.85. The van der Waals surface area contributed by atoms with Crippen molar-refractivity contribution >= 4 is 0 Å². The lowest BCUT2D eigenvalue weighted by Gasteiger charge is -2.52. The quantitative estimate of drug-likeness (QED) is 0.838. The predicted molar refractivity (Wildman–Crippen MR) is 88.2 cm³/mol. The van der Waals surface area contributed by atoms with Gasteiger partial charge in [-0.15, -0.1) is 0 Å². The molecule has 0 bridgehead atoms. The molecule has 0 spiro atoms. The summed E-state index contributed by atoms with van der Waals surface area (Å²) >= 11 is 0. The lowest BCUT2D eigenvalue weighted by Crippen LogP contribution is -2.49. The van der Waals surface area contributed by atoms with Gasteiger partial charge < -0.3 is 9.84 Å². The van der Waals surface area contributed by atoms with Gasteiger partial charge in [0, 0.05) is 0 Å². The molecule has 1 aromatic rings. The highest BCUT2D eigenvalue weighted by atomic mass is 16.5. The van der Waals surface area contributed by atoms with E-state index in [9.17, 15) is 5.11 Å². The van der Waals surface area contributed by atoms with Gasteiger partial charge in [0.1, 0.15) is 5.75 Å². The Bertz CT molecular complexity index is 591. The van der Waals surface area contributed by atoms with Gasteiger partial charge in [-0.25, -0.2) is 0 Å². The van der Waals surface area contributed by atoms with Gasteiger partial charge >= 0.3 is 0 Å². The molecule has 5 atom stereocenters. The van der Waals surface area contributed by atoms with Gasteiger partial charge in [0.25, 0.3) is 0 Å². The Balaban J connectivity index is 1.69. The molecule has 1 N–H and O–H groups in total. The number of ether oxygens (including phenoxy) is 1. The van der Waals surface area contributed by atoms with Crippen molar-refractivity contribution in [3.8, 4) is 5.75 Å². The van der Waals surface area contributed by atoms with Crippen LogP contribution >= 0.6 is 0 Å². The molecule has 22 heavy (non-hydrogen) atoms. The second-order valence-corrected chi connectivity index (χ2v) is 8.25. The molecule has 120 valence electrons. The molecule has 2 heteroatoms. The fourth-order valence-electron chi connectivity index (χ4n) is 5.93. The predicted octanol–water partition coefficient (Wildman–Crippen LogP) is 4.30. The maximum Gasteiger partial charge on any atom is 0.119 e. The molecule has 0 heterocycles. The SMILES string of the molecule is COc1ccc2c(c1)CC[C@@H]1[C@@H]2CC[C@]2(C)[C@@H]1CC[C@@]2(C)O. The van der Waals surface area contributed by atoms with Gasteiger partial charge in [0.15, 0.2) is 0 Å². The summed E-state index contributed by atoms with van der Waals surface area (Å²) in [5.74, 6) is 3.13. The Morgan fingerprint density at radius 2 is 1.95 bits per heavy atom. The average molecular weight is 300 g/mol. The average Bonchev–Trinajstić information content (AvgIpc) is 2.76. The van der Waals surface area contributed by atoms with E-state index in [2.05, 4.69) is 32.0 Å². The van der Waals surface area contributed by atoms with Crippen LogP contribution in [0.1, 0.15) is 63.0 Å². The van der Waals surface area contributed by atoms with Crippen molar-refractivity contribution in [3.63, 3.8) is 0 Å². The van der Waals surface area contributed by atoms with E-state index in [4.69, 9.17) is 4.74 Å². The van der Waals surface area contributed by atoms with Crippen LogP contribution in [0.3, 0.4) is 0 Å². The monoisotopic (exact) mass is 300 g/mol. The zero-order chi connectivity index (χ0) is 15.5. The largest absolute Gasteiger partial charge is 0.497 e. The topological polar surface area (TPSA) is 29.5 Å². The molecule has 1 aromatic carbocycles. The first kappa shape index (κ1) is 14.6. The molecular formula is C20H28O2. The Morgan fingerprint density at radius 3 is 2.73 bits per heavy atom. The van der Waals surface area contributed by atoms with E-state index in [0.29, 0.717) is 11.8 Å². The molecule has 4 rings (SSSR count). The molecule has 0 unspecified atom stereocenters. The molecule has 0 saturated heterocycles. The van der Waals surface area contributed by atoms with Gasteiger partial charge in [-0.2, -0.15) is 0 Å². The summed E-state index contributed by atoms with van der Waals surface area (Å²) in [7, 11) is 1.75. The van der Waals surface area contributed by atoms with E-state index in [0.717, 1.165) is 24.5 Å². The first-order chi connectivity index (χ1) is 10.5. The van der Waals surface area contributed by atoms with E-state index < -0.39 is 5.60 Å². The molecule has 0 aliphatic heterocycles. The summed E-state index contributed by atoms with van der Waals surface area (Å²) in [4.78, 5) is 0. The molecule has 0 amide bonds. The molecule has 0 aromatic heterocycles. The summed E-state index contributed by atoms with van der Waals surface area (Å²) in [6, 6.07) is 6.67. The summed E-state index contributed by atoms with van der Waals surface area (Å²) in [6.45, 7) is 4.43. The van der Waals surface area contributed by atoms with E-state index in [-0.39, 0.29) is 5.41 Å². The number of benzene rings is 1. The lowest BCUT2D eigenvalue weighted by molar-refractivity contribution is -0.0901. The van der Waals surface area contributed by atoms with Crippen LogP contribution in [-0.4, -0.2) is 17.8 Å². The molecule has 0 radical (unpaired) electrons. The van der Waals surface area contributed by atoms with Gasteiger partial charge in [0.05, 0.1) is 12.7 Å². The summed E-state index contributed by atoms with van der Waals surface area (Å²) < 4.78 is 5.40. The van der Waals surface area contributed by atoms with Crippen LogP contribution in [0.15, 0.2) is 18.2 Å². The Morgan fingerprint density at radius 1 is 1.14 bits per heavy atom. The molecule has 2 saturated carbocycles. The van der Waals surface area contributed by atoms with Crippen LogP contribution in [-0.2, 0) is 6.42 Å². The van der Waals surface area contributed by atoms with Crippen LogP contribution in [0.2, 0.25) is 0 Å². The molecular weight excluding hydrogens is 272 g/mol. The Kier molecular flexibility index (Phi) is 3.14. The minimum Gasteiger partial charge on any atom is -0.497 e. The zero-order valence-electron chi connectivity index (χ0n) is 14.1. The zero-order valence-corrected chi connectivity index (χ0v) is 14.1. The third-order valence-corrected chi connectivity index (χ3v) is 7.50. The lowest BCUT2D eigenvalue weighted by atomic mass is 9.53. The highest BCUT2D eigenvalue weighted by Crippen LogP contribution is 2.64. The van der Waals surface area contributed by atoms with Crippen molar-refractivity contribution in [2.45, 2.75) is 63.9 Å². The third kappa shape index (κ3) is 1.83. The highest BCUT2D eigenvalue weighted by Gasteiger charge is 2.59. The Hall–Kier alpha value is -1.02.